The number of unbranched alkanes of at least 4 members (excludes halogenated alkanes) is 1. The first-order valence-electron chi connectivity index (χ1n) is 7.36. The van der Waals surface area contributed by atoms with Gasteiger partial charge in [0, 0.05) is 19.2 Å². The third-order valence-electron chi connectivity index (χ3n) is 3.30. The molecule has 0 aliphatic heterocycles. The van der Waals surface area contributed by atoms with Crippen LogP contribution in [0.1, 0.15) is 38.3 Å². The van der Waals surface area contributed by atoms with Crippen molar-refractivity contribution < 1.29 is 13.2 Å². The molecule has 21 heavy (non-hydrogen) atoms. The Morgan fingerprint density at radius 1 is 1.19 bits per heavy atom. The van der Waals surface area contributed by atoms with Crippen molar-refractivity contribution in [2.75, 3.05) is 26.8 Å². The lowest BCUT2D eigenvalue weighted by atomic mass is 10.1. The lowest BCUT2D eigenvalue weighted by Gasteiger charge is -2.12. The quantitative estimate of drug-likeness (QED) is 0.649. The summed E-state index contributed by atoms with van der Waals surface area (Å²) in [6.07, 6.45) is 2.07. The number of sulfonamides is 1. The van der Waals surface area contributed by atoms with E-state index in [9.17, 15) is 8.42 Å². The van der Waals surface area contributed by atoms with Crippen LogP contribution in [-0.2, 0) is 14.8 Å². The van der Waals surface area contributed by atoms with Crippen LogP contribution >= 0.6 is 0 Å². The van der Waals surface area contributed by atoms with E-state index in [-0.39, 0.29) is 10.9 Å². The van der Waals surface area contributed by atoms with Crippen LogP contribution in [0.3, 0.4) is 0 Å². The van der Waals surface area contributed by atoms with Gasteiger partial charge in [0.1, 0.15) is 0 Å². The van der Waals surface area contributed by atoms with Crippen LogP contribution in [-0.4, -0.2) is 35.2 Å². The van der Waals surface area contributed by atoms with E-state index in [1.165, 1.54) is 0 Å². The summed E-state index contributed by atoms with van der Waals surface area (Å²) in [7, 11) is -1.58. The van der Waals surface area contributed by atoms with Crippen molar-refractivity contribution in [2.45, 2.75) is 37.6 Å². The van der Waals surface area contributed by atoms with Crippen molar-refractivity contribution >= 4 is 10.0 Å². The van der Waals surface area contributed by atoms with E-state index in [2.05, 4.69) is 17.0 Å². The summed E-state index contributed by atoms with van der Waals surface area (Å²) in [4.78, 5) is 0.281. The smallest absolute Gasteiger partial charge is 0.240 e. The fraction of sp³-hybridized carbons (Fsp3) is 0.600. The fourth-order valence-electron chi connectivity index (χ4n) is 1.78. The molecule has 1 unspecified atom stereocenters. The molecule has 0 spiro atoms. The molecule has 0 aliphatic carbocycles. The normalized spacial score (nSPS) is 13.3. The molecule has 0 radical (unpaired) electrons. The summed E-state index contributed by atoms with van der Waals surface area (Å²) >= 11 is 0. The molecule has 6 heteroatoms. The fourth-order valence-corrected chi connectivity index (χ4v) is 2.80. The predicted molar refractivity (Wildman–Crippen MR) is 84.8 cm³/mol. The number of rotatable bonds is 10. The molecule has 0 amide bonds. The van der Waals surface area contributed by atoms with Gasteiger partial charge in [-0.1, -0.05) is 25.5 Å². The molecule has 2 N–H and O–H groups in total. The second-order valence-electron chi connectivity index (χ2n) is 4.94. The lowest BCUT2D eigenvalue weighted by molar-refractivity contribution is 0.136. The molecule has 0 saturated heterocycles. The molecule has 1 atom stereocenters. The van der Waals surface area contributed by atoms with Gasteiger partial charge in [0.2, 0.25) is 10.0 Å². The highest BCUT2D eigenvalue weighted by Gasteiger charge is 2.13. The Kier molecular flexibility index (Phi) is 7.88. The average molecular weight is 314 g/mol. The first kappa shape index (κ1) is 18.1. The minimum absolute atomic E-state index is 0.196. The zero-order valence-corrected chi connectivity index (χ0v) is 13.9. The van der Waals surface area contributed by atoms with Crippen molar-refractivity contribution in [1.29, 1.82) is 0 Å². The Morgan fingerprint density at radius 3 is 2.43 bits per heavy atom. The molecule has 0 bridgehead atoms. The van der Waals surface area contributed by atoms with E-state index >= 15 is 0 Å². The molecule has 120 valence electrons. The Labute approximate surface area is 128 Å². The third-order valence-corrected chi connectivity index (χ3v) is 4.78. The summed E-state index contributed by atoms with van der Waals surface area (Å²) in [5.74, 6) is 0. The van der Waals surface area contributed by atoms with Crippen molar-refractivity contribution in [3.8, 4) is 0 Å². The second kappa shape index (κ2) is 9.15. The van der Waals surface area contributed by atoms with Gasteiger partial charge >= 0.3 is 0 Å². The summed E-state index contributed by atoms with van der Waals surface area (Å²) < 4.78 is 32.1. The predicted octanol–water partition coefficient (Wildman–Crippen LogP) is 2.06. The average Bonchev–Trinajstić information content (AvgIpc) is 2.50. The van der Waals surface area contributed by atoms with Gasteiger partial charge in [-0.25, -0.2) is 13.1 Å². The van der Waals surface area contributed by atoms with Crippen LogP contribution < -0.4 is 10.0 Å². The van der Waals surface area contributed by atoms with Crippen LogP contribution in [0, 0.1) is 0 Å². The highest BCUT2D eigenvalue weighted by molar-refractivity contribution is 7.89. The van der Waals surface area contributed by atoms with Gasteiger partial charge in [0.25, 0.3) is 0 Å². The van der Waals surface area contributed by atoms with Crippen LogP contribution in [0.15, 0.2) is 29.2 Å². The highest BCUT2D eigenvalue weighted by Crippen LogP contribution is 2.15. The van der Waals surface area contributed by atoms with Crippen molar-refractivity contribution in [1.82, 2.24) is 10.0 Å². The van der Waals surface area contributed by atoms with Gasteiger partial charge in [0.05, 0.1) is 11.5 Å². The second-order valence-corrected chi connectivity index (χ2v) is 6.71. The third kappa shape index (κ3) is 6.13. The summed E-state index contributed by atoms with van der Waals surface area (Å²) in [6.45, 7) is 5.48. The van der Waals surface area contributed by atoms with Gasteiger partial charge in [-0.3, -0.25) is 0 Å². The standard InChI is InChI=1S/C15H26N2O3S/c1-4-5-11-20-12-10-17-21(18,19)15-8-6-14(7-9-15)13(2)16-3/h6-9,13,16-17H,4-5,10-12H2,1-3H3. The minimum atomic E-state index is -3.45. The van der Waals surface area contributed by atoms with Crippen molar-refractivity contribution in [3.05, 3.63) is 29.8 Å². The Bertz CT molecular complexity index is 500. The van der Waals surface area contributed by atoms with E-state index < -0.39 is 10.0 Å². The van der Waals surface area contributed by atoms with Crippen LogP contribution in [0.25, 0.3) is 0 Å². The summed E-state index contributed by atoms with van der Waals surface area (Å²) in [5, 5.41) is 3.12. The lowest BCUT2D eigenvalue weighted by Crippen LogP contribution is -2.27. The van der Waals surface area contributed by atoms with Crippen molar-refractivity contribution in [2.24, 2.45) is 0 Å². The SMILES string of the molecule is CCCCOCCNS(=O)(=O)c1ccc(C(C)NC)cc1. The minimum Gasteiger partial charge on any atom is -0.380 e. The molecular formula is C15H26N2O3S. The van der Waals surface area contributed by atoms with E-state index in [0.717, 1.165) is 18.4 Å². The van der Waals surface area contributed by atoms with Crippen LogP contribution in [0.4, 0.5) is 0 Å². The molecule has 0 fully saturated rings. The van der Waals surface area contributed by atoms with E-state index in [1.54, 1.807) is 12.1 Å². The van der Waals surface area contributed by atoms with Gasteiger partial charge < -0.3 is 10.1 Å². The maximum atomic E-state index is 12.1. The maximum Gasteiger partial charge on any atom is 0.240 e. The molecule has 1 aromatic carbocycles. The Morgan fingerprint density at radius 2 is 1.86 bits per heavy atom. The zero-order valence-electron chi connectivity index (χ0n) is 13.1. The van der Waals surface area contributed by atoms with Crippen LogP contribution in [0.2, 0.25) is 0 Å². The molecular weight excluding hydrogens is 288 g/mol. The molecule has 1 rings (SSSR count). The summed E-state index contributed by atoms with van der Waals surface area (Å²) in [6, 6.07) is 7.11. The highest BCUT2D eigenvalue weighted by atomic mass is 32.2. The molecule has 1 aromatic rings. The monoisotopic (exact) mass is 314 g/mol. The van der Waals surface area contributed by atoms with Gasteiger partial charge in [-0.2, -0.15) is 0 Å². The van der Waals surface area contributed by atoms with E-state index in [1.807, 2.05) is 26.1 Å². The number of hydrogen-bond donors (Lipinski definition) is 2. The van der Waals surface area contributed by atoms with Crippen molar-refractivity contribution in [3.63, 3.8) is 0 Å². The Balaban J connectivity index is 2.50. The van der Waals surface area contributed by atoms with Gasteiger partial charge in [-0.15, -0.1) is 0 Å². The maximum absolute atomic E-state index is 12.1. The van der Waals surface area contributed by atoms with Crippen LogP contribution in [0.5, 0.6) is 0 Å². The zero-order chi connectivity index (χ0) is 15.7. The van der Waals surface area contributed by atoms with Gasteiger partial charge in [0.15, 0.2) is 0 Å². The number of nitrogens with one attached hydrogen (secondary N) is 2. The first-order chi connectivity index (χ1) is 10.0. The number of ether oxygens (including phenoxy) is 1. The topological polar surface area (TPSA) is 67.4 Å². The van der Waals surface area contributed by atoms with E-state index in [4.69, 9.17) is 4.74 Å². The molecule has 0 heterocycles. The molecule has 0 saturated carbocycles. The number of benzene rings is 1. The van der Waals surface area contributed by atoms with Gasteiger partial charge in [-0.05, 0) is 38.1 Å². The molecule has 0 aromatic heterocycles. The molecule has 0 aliphatic rings. The Hall–Kier alpha value is -0.950. The van der Waals surface area contributed by atoms with E-state index in [0.29, 0.717) is 19.8 Å². The largest absolute Gasteiger partial charge is 0.380 e. The number of hydrogen-bond acceptors (Lipinski definition) is 4. The first-order valence-corrected chi connectivity index (χ1v) is 8.84. The molecule has 5 nitrogen and oxygen atoms in total. The summed E-state index contributed by atoms with van der Waals surface area (Å²) in [5.41, 5.74) is 1.05.